The van der Waals surface area contributed by atoms with Crippen LogP contribution in [0.4, 0.5) is 0 Å². The summed E-state index contributed by atoms with van der Waals surface area (Å²) in [7, 11) is 0. The minimum atomic E-state index is 0.483. The van der Waals surface area contributed by atoms with Crippen LogP contribution in [0.25, 0.3) is 0 Å². The van der Waals surface area contributed by atoms with Crippen LogP contribution in [-0.4, -0.2) is 13.2 Å². The van der Waals surface area contributed by atoms with Gasteiger partial charge in [-0.15, -0.1) is 6.42 Å². The fourth-order valence-electron chi connectivity index (χ4n) is 1.46. The highest BCUT2D eigenvalue weighted by Crippen LogP contribution is 2.24. The Morgan fingerprint density at radius 3 is 2.70 bits per heavy atom. The summed E-state index contributed by atoms with van der Waals surface area (Å²) in [6.45, 7) is 1.36. The Kier molecular flexibility index (Phi) is 3.32. The quantitative estimate of drug-likeness (QED) is 0.427. The third-order valence-electron chi connectivity index (χ3n) is 2.01. The molecule has 0 atom stereocenters. The van der Waals surface area contributed by atoms with Gasteiger partial charge in [-0.2, -0.15) is 0 Å². The molecular formula is C9H14O. The molecule has 0 unspecified atom stereocenters. The lowest BCUT2D eigenvalue weighted by atomic mass is 10.1. The van der Waals surface area contributed by atoms with Gasteiger partial charge in [0, 0.05) is 0 Å². The Labute approximate surface area is 62.8 Å². The van der Waals surface area contributed by atoms with Crippen LogP contribution in [-0.2, 0) is 4.74 Å². The van der Waals surface area contributed by atoms with Crippen LogP contribution in [0.5, 0.6) is 0 Å². The van der Waals surface area contributed by atoms with Crippen molar-refractivity contribution in [3.8, 4) is 12.3 Å². The lowest BCUT2D eigenvalue weighted by Crippen LogP contribution is -2.05. The lowest BCUT2D eigenvalue weighted by Gasteiger charge is -2.06. The topological polar surface area (TPSA) is 9.23 Å². The third-order valence-corrected chi connectivity index (χ3v) is 2.01. The van der Waals surface area contributed by atoms with Gasteiger partial charge in [0.2, 0.25) is 0 Å². The highest BCUT2D eigenvalue weighted by atomic mass is 16.5. The Morgan fingerprint density at radius 1 is 1.40 bits per heavy atom. The van der Waals surface area contributed by atoms with Crippen LogP contribution in [0.2, 0.25) is 0 Å². The van der Waals surface area contributed by atoms with E-state index in [1.54, 1.807) is 0 Å². The van der Waals surface area contributed by atoms with Gasteiger partial charge >= 0.3 is 0 Å². The van der Waals surface area contributed by atoms with Gasteiger partial charge in [-0.1, -0.05) is 18.8 Å². The summed E-state index contributed by atoms with van der Waals surface area (Å²) in [5.41, 5.74) is 0. The van der Waals surface area contributed by atoms with E-state index in [1.807, 2.05) is 0 Å². The van der Waals surface area contributed by atoms with Crippen molar-refractivity contribution in [2.45, 2.75) is 25.7 Å². The maximum Gasteiger partial charge on any atom is 0.107 e. The molecule has 0 saturated heterocycles. The van der Waals surface area contributed by atoms with Crippen LogP contribution < -0.4 is 0 Å². The van der Waals surface area contributed by atoms with E-state index in [-0.39, 0.29) is 0 Å². The molecular weight excluding hydrogens is 124 g/mol. The highest BCUT2D eigenvalue weighted by molar-refractivity contribution is 4.83. The van der Waals surface area contributed by atoms with Gasteiger partial charge in [-0.25, -0.2) is 0 Å². The number of rotatable bonds is 3. The second kappa shape index (κ2) is 4.35. The summed E-state index contributed by atoms with van der Waals surface area (Å²) in [5, 5.41) is 0. The molecule has 0 bridgehead atoms. The zero-order valence-corrected chi connectivity index (χ0v) is 6.31. The van der Waals surface area contributed by atoms with Crippen molar-refractivity contribution >= 4 is 0 Å². The molecule has 10 heavy (non-hydrogen) atoms. The first-order valence-corrected chi connectivity index (χ1v) is 3.94. The number of ether oxygens (including phenoxy) is 1. The van der Waals surface area contributed by atoms with Crippen molar-refractivity contribution in [1.29, 1.82) is 0 Å². The molecule has 1 heteroatoms. The number of hydrogen-bond donors (Lipinski definition) is 0. The fraction of sp³-hybridized carbons (Fsp3) is 0.778. The molecule has 1 nitrogen and oxygen atoms in total. The standard InChI is InChI=1S/C9H14O/c1-2-7-10-8-9-5-3-4-6-9/h1,9H,3-8H2. The molecule has 0 radical (unpaired) electrons. The first-order chi connectivity index (χ1) is 4.93. The van der Waals surface area contributed by atoms with Crippen LogP contribution in [0.15, 0.2) is 0 Å². The SMILES string of the molecule is C#CCOCC1CCCC1. The first kappa shape index (κ1) is 7.63. The van der Waals surface area contributed by atoms with E-state index in [0.717, 1.165) is 12.5 Å². The highest BCUT2D eigenvalue weighted by Gasteiger charge is 2.14. The van der Waals surface area contributed by atoms with E-state index in [4.69, 9.17) is 11.2 Å². The van der Waals surface area contributed by atoms with Crippen LogP contribution in [0.1, 0.15) is 25.7 Å². The second-order valence-corrected chi connectivity index (χ2v) is 2.87. The summed E-state index contributed by atoms with van der Waals surface area (Å²) in [6, 6.07) is 0. The van der Waals surface area contributed by atoms with Gasteiger partial charge in [0.05, 0.1) is 6.61 Å². The van der Waals surface area contributed by atoms with E-state index in [9.17, 15) is 0 Å². The van der Waals surface area contributed by atoms with E-state index in [0.29, 0.717) is 6.61 Å². The van der Waals surface area contributed by atoms with Crippen molar-refractivity contribution in [3.63, 3.8) is 0 Å². The summed E-state index contributed by atoms with van der Waals surface area (Å²) in [4.78, 5) is 0. The summed E-state index contributed by atoms with van der Waals surface area (Å²) in [6.07, 6.45) is 10.5. The summed E-state index contributed by atoms with van der Waals surface area (Å²) >= 11 is 0. The summed E-state index contributed by atoms with van der Waals surface area (Å²) in [5.74, 6) is 3.27. The Balaban J connectivity index is 1.97. The average Bonchev–Trinajstić information content (AvgIpc) is 2.41. The molecule has 56 valence electrons. The first-order valence-electron chi connectivity index (χ1n) is 3.94. The van der Waals surface area contributed by atoms with Gasteiger partial charge in [-0.3, -0.25) is 0 Å². The van der Waals surface area contributed by atoms with Gasteiger partial charge in [0.1, 0.15) is 6.61 Å². The predicted octanol–water partition coefficient (Wildman–Crippen LogP) is 1.83. The zero-order valence-electron chi connectivity index (χ0n) is 6.31. The minimum Gasteiger partial charge on any atom is -0.369 e. The van der Waals surface area contributed by atoms with Crippen molar-refractivity contribution < 1.29 is 4.74 Å². The molecule has 0 heterocycles. The molecule has 1 aliphatic carbocycles. The average molecular weight is 138 g/mol. The Bertz CT molecular complexity index is 117. The maximum absolute atomic E-state index is 5.23. The second-order valence-electron chi connectivity index (χ2n) is 2.87. The molecule has 1 aliphatic rings. The number of terminal acetylenes is 1. The van der Waals surface area contributed by atoms with Crippen molar-refractivity contribution in [1.82, 2.24) is 0 Å². The van der Waals surface area contributed by atoms with E-state index in [1.165, 1.54) is 25.7 Å². The van der Waals surface area contributed by atoms with Gasteiger partial charge in [-0.05, 0) is 18.8 Å². The molecule has 1 rings (SSSR count). The normalized spacial score (nSPS) is 19.1. The van der Waals surface area contributed by atoms with E-state index < -0.39 is 0 Å². The lowest BCUT2D eigenvalue weighted by molar-refractivity contribution is 0.129. The van der Waals surface area contributed by atoms with Crippen molar-refractivity contribution in [2.24, 2.45) is 5.92 Å². The predicted molar refractivity (Wildman–Crippen MR) is 41.6 cm³/mol. The number of hydrogen-bond acceptors (Lipinski definition) is 1. The van der Waals surface area contributed by atoms with Crippen molar-refractivity contribution in [3.05, 3.63) is 0 Å². The van der Waals surface area contributed by atoms with Crippen LogP contribution >= 0.6 is 0 Å². The van der Waals surface area contributed by atoms with Crippen molar-refractivity contribution in [2.75, 3.05) is 13.2 Å². The molecule has 0 N–H and O–H groups in total. The zero-order chi connectivity index (χ0) is 7.23. The molecule has 0 aromatic rings. The monoisotopic (exact) mass is 138 g/mol. The smallest absolute Gasteiger partial charge is 0.107 e. The third kappa shape index (κ3) is 2.41. The molecule has 0 aromatic carbocycles. The summed E-state index contributed by atoms with van der Waals surface area (Å²) < 4.78 is 5.23. The van der Waals surface area contributed by atoms with Gasteiger partial charge in [0.25, 0.3) is 0 Å². The van der Waals surface area contributed by atoms with Gasteiger partial charge in [0.15, 0.2) is 0 Å². The van der Waals surface area contributed by atoms with Crippen LogP contribution in [0, 0.1) is 18.3 Å². The van der Waals surface area contributed by atoms with Gasteiger partial charge < -0.3 is 4.74 Å². The molecule has 1 saturated carbocycles. The van der Waals surface area contributed by atoms with E-state index in [2.05, 4.69) is 5.92 Å². The minimum absolute atomic E-state index is 0.483. The Morgan fingerprint density at radius 2 is 2.10 bits per heavy atom. The van der Waals surface area contributed by atoms with E-state index >= 15 is 0 Å². The molecule has 0 amide bonds. The van der Waals surface area contributed by atoms with Crippen LogP contribution in [0.3, 0.4) is 0 Å². The molecule has 0 spiro atoms. The fourth-order valence-corrected chi connectivity index (χ4v) is 1.46. The molecule has 1 fully saturated rings. The molecule has 0 aliphatic heterocycles. The maximum atomic E-state index is 5.23. The molecule has 0 aromatic heterocycles. The largest absolute Gasteiger partial charge is 0.369 e. The Hall–Kier alpha value is -0.480.